The van der Waals surface area contributed by atoms with Crippen LogP contribution in [-0.4, -0.2) is 16.7 Å². The fourth-order valence-corrected chi connectivity index (χ4v) is 2.48. The van der Waals surface area contributed by atoms with E-state index in [0.717, 1.165) is 22.6 Å². The average molecular weight is 285 g/mol. The molecule has 1 aromatic heterocycles. The molecule has 1 aromatic carbocycles. The molecular formula is C17H23N3O. The molecule has 4 heteroatoms. The van der Waals surface area contributed by atoms with Crippen molar-refractivity contribution in [3.05, 3.63) is 48.3 Å². The zero-order valence-electron chi connectivity index (χ0n) is 13.0. The first-order valence-electron chi connectivity index (χ1n) is 7.14. The van der Waals surface area contributed by atoms with Crippen molar-refractivity contribution in [3.8, 4) is 11.3 Å². The molecule has 0 radical (unpaired) electrons. The lowest BCUT2D eigenvalue weighted by Gasteiger charge is -2.09. The van der Waals surface area contributed by atoms with Crippen molar-refractivity contribution in [2.45, 2.75) is 32.9 Å². The Hall–Kier alpha value is -2.07. The molecule has 0 saturated carbocycles. The third-order valence-corrected chi connectivity index (χ3v) is 3.44. The highest BCUT2D eigenvalue weighted by atomic mass is 16.5. The van der Waals surface area contributed by atoms with E-state index >= 15 is 0 Å². The molecule has 0 fully saturated rings. The van der Waals surface area contributed by atoms with E-state index in [-0.39, 0.29) is 0 Å². The first kappa shape index (κ1) is 15.3. The molecule has 2 aromatic rings. The molecule has 0 aliphatic rings. The predicted molar refractivity (Wildman–Crippen MR) is 87.1 cm³/mol. The van der Waals surface area contributed by atoms with E-state index in [1.54, 1.807) is 7.11 Å². The maximum Gasteiger partial charge on any atom is 0.132 e. The second kappa shape index (κ2) is 6.59. The number of methoxy groups -OCH3 is 1. The zero-order chi connectivity index (χ0) is 15.4. The molecule has 0 atom stereocenters. The number of aromatic nitrogens is 2. The van der Waals surface area contributed by atoms with Crippen LogP contribution in [-0.2, 0) is 17.9 Å². The van der Waals surface area contributed by atoms with Gasteiger partial charge < -0.3 is 15.0 Å². The van der Waals surface area contributed by atoms with Gasteiger partial charge in [-0.2, -0.15) is 0 Å². The molecular weight excluding hydrogens is 262 g/mol. The van der Waals surface area contributed by atoms with Crippen molar-refractivity contribution in [1.29, 1.82) is 0 Å². The second-order valence-corrected chi connectivity index (χ2v) is 5.35. The Balaban J connectivity index is 2.59. The molecule has 0 bridgehead atoms. The van der Waals surface area contributed by atoms with E-state index in [1.165, 1.54) is 0 Å². The van der Waals surface area contributed by atoms with Crippen LogP contribution >= 0.6 is 0 Å². The molecule has 112 valence electrons. The number of nitrogen functional groups attached to an aromatic ring is 1. The summed E-state index contributed by atoms with van der Waals surface area (Å²) in [6, 6.07) is 8.07. The predicted octanol–water partition coefficient (Wildman–Crippen LogP) is 3.59. The molecule has 2 N–H and O–H groups in total. The number of nitrogens with two attached hydrogens (primary N) is 1. The maximum absolute atomic E-state index is 6.34. The lowest BCUT2D eigenvalue weighted by molar-refractivity contribution is 0.185. The number of anilines is 1. The van der Waals surface area contributed by atoms with Crippen molar-refractivity contribution < 1.29 is 4.74 Å². The molecule has 4 nitrogen and oxygen atoms in total. The molecule has 0 amide bonds. The van der Waals surface area contributed by atoms with E-state index in [9.17, 15) is 0 Å². The van der Waals surface area contributed by atoms with Crippen LogP contribution in [0.25, 0.3) is 11.3 Å². The molecule has 0 aliphatic heterocycles. The Morgan fingerprint density at radius 1 is 1.38 bits per heavy atom. The molecule has 0 aliphatic carbocycles. The summed E-state index contributed by atoms with van der Waals surface area (Å²) in [6.07, 6.45) is 1.84. The van der Waals surface area contributed by atoms with Crippen LogP contribution in [0.5, 0.6) is 0 Å². The van der Waals surface area contributed by atoms with Crippen LogP contribution in [0.1, 0.15) is 31.2 Å². The van der Waals surface area contributed by atoms with Crippen molar-refractivity contribution in [1.82, 2.24) is 9.55 Å². The number of hydrogen-bond acceptors (Lipinski definition) is 3. The lowest BCUT2D eigenvalue weighted by Crippen LogP contribution is -2.07. The van der Waals surface area contributed by atoms with Gasteiger partial charge in [0.15, 0.2) is 0 Å². The summed E-state index contributed by atoms with van der Waals surface area (Å²) in [5.74, 6) is 1.97. The van der Waals surface area contributed by atoms with Gasteiger partial charge in [-0.3, -0.25) is 0 Å². The Labute approximate surface area is 126 Å². The van der Waals surface area contributed by atoms with Gasteiger partial charge in [-0.25, -0.2) is 4.98 Å². The topological polar surface area (TPSA) is 53.1 Å². The van der Waals surface area contributed by atoms with Gasteiger partial charge in [0.25, 0.3) is 0 Å². The first-order chi connectivity index (χ1) is 10.1. The van der Waals surface area contributed by atoms with Gasteiger partial charge in [0, 0.05) is 25.1 Å². The van der Waals surface area contributed by atoms with E-state index in [1.807, 2.05) is 34.9 Å². The largest absolute Gasteiger partial charge is 0.383 e. The summed E-state index contributed by atoms with van der Waals surface area (Å²) in [5, 5.41) is 0. The second-order valence-electron chi connectivity index (χ2n) is 5.35. The number of nitrogens with zero attached hydrogens (tertiary/aromatic N) is 2. The summed E-state index contributed by atoms with van der Waals surface area (Å²) in [7, 11) is 1.69. The minimum absolute atomic E-state index is 0.301. The zero-order valence-corrected chi connectivity index (χ0v) is 13.0. The number of benzene rings is 1. The fraction of sp³-hybridized carbons (Fsp3) is 0.353. The monoisotopic (exact) mass is 285 g/mol. The quantitative estimate of drug-likeness (QED) is 0.825. The first-order valence-corrected chi connectivity index (χ1v) is 7.14. The molecule has 2 rings (SSSR count). The van der Waals surface area contributed by atoms with Gasteiger partial charge >= 0.3 is 0 Å². The summed E-state index contributed by atoms with van der Waals surface area (Å²) < 4.78 is 7.29. The third-order valence-electron chi connectivity index (χ3n) is 3.44. The number of allylic oxidation sites excluding steroid dienone is 1. The standard InChI is InChI=1S/C17H23N3O/c1-5-10-20-16(18)15(19-17(20)12(2)3)14-9-7-6-8-13(14)11-21-4/h5-9,12H,1,10-11,18H2,2-4H3. The van der Waals surface area contributed by atoms with Gasteiger partial charge in [-0.05, 0) is 5.56 Å². The van der Waals surface area contributed by atoms with Crippen molar-refractivity contribution in [2.24, 2.45) is 0 Å². The normalized spacial score (nSPS) is 11.0. The Bertz CT molecular complexity index is 629. The van der Waals surface area contributed by atoms with Gasteiger partial charge in [-0.15, -0.1) is 6.58 Å². The van der Waals surface area contributed by atoms with Gasteiger partial charge in [0.05, 0.1) is 6.61 Å². The smallest absolute Gasteiger partial charge is 0.132 e. The van der Waals surface area contributed by atoms with E-state index in [2.05, 4.69) is 20.4 Å². The molecule has 0 unspecified atom stereocenters. The van der Waals surface area contributed by atoms with Crippen LogP contribution in [0.4, 0.5) is 5.82 Å². The maximum atomic E-state index is 6.34. The van der Waals surface area contributed by atoms with Crippen LogP contribution in [0, 0.1) is 0 Å². The third kappa shape index (κ3) is 3.00. The van der Waals surface area contributed by atoms with Gasteiger partial charge in [0.2, 0.25) is 0 Å². The highest BCUT2D eigenvalue weighted by molar-refractivity contribution is 5.74. The lowest BCUT2D eigenvalue weighted by atomic mass is 10.1. The van der Waals surface area contributed by atoms with E-state index in [0.29, 0.717) is 24.9 Å². The summed E-state index contributed by atoms with van der Waals surface area (Å²) in [6.45, 7) is 9.24. The summed E-state index contributed by atoms with van der Waals surface area (Å²) in [4.78, 5) is 4.78. The minimum atomic E-state index is 0.301. The Morgan fingerprint density at radius 3 is 2.71 bits per heavy atom. The highest BCUT2D eigenvalue weighted by Crippen LogP contribution is 2.31. The molecule has 0 saturated heterocycles. The van der Waals surface area contributed by atoms with Gasteiger partial charge in [0.1, 0.15) is 17.3 Å². The van der Waals surface area contributed by atoms with E-state index < -0.39 is 0 Å². The van der Waals surface area contributed by atoms with Crippen molar-refractivity contribution >= 4 is 5.82 Å². The average Bonchev–Trinajstić information content (AvgIpc) is 2.78. The number of rotatable bonds is 6. The van der Waals surface area contributed by atoms with E-state index in [4.69, 9.17) is 15.5 Å². The number of imidazole rings is 1. The minimum Gasteiger partial charge on any atom is -0.383 e. The molecule has 0 spiro atoms. The van der Waals surface area contributed by atoms with Crippen LogP contribution in [0.15, 0.2) is 36.9 Å². The van der Waals surface area contributed by atoms with Gasteiger partial charge in [-0.1, -0.05) is 44.2 Å². The fourth-order valence-electron chi connectivity index (χ4n) is 2.48. The molecule has 21 heavy (non-hydrogen) atoms. The summed E-state index contributed by atoms with van der Waals surface area (Å²) in [5.41, 5.74) is 9.28. The van der Waals surface area contributed by atoms with Crippen LogP contribution in [0.3, 0.4) is 0 Å². The SMILES string of the molecule is C=CCn1c(C(C)C)nc(-c2ccccc2COC)c1N. The van der Waals surface area contributed by atoms with Crippen LogP contribution < -0.4 is 5.73 Å². The number of ether oxygens (including phenoxy) is 1. The number of hydrogen-bond donors (Lipinski definition) is 1. The Morgan fingerprint density at radius 2 is 2.10 bits per heavy atom. The molecule has 1 heterocycles. The van der Waals surface area contributed by atoms with Crippen molar-refractivity contribution in [3.63, 3.8) is 0 Å². The van der Waals surface area contributed by atoms with Crippen LogP contribution in [0.2, 0.25) is 0 Å². The Kier molecular flexibility index (Phi) is 4.81. The highest BCUT2D eigenvalue weighted by Gasteiger charge is 2.19. The summed E-state index contributed by atoms with van der Waals surface area (Å²) >= 11 is 0. The van der Waals surface area contributed by atoms with Crippen molar-refractivity contribution in [2.75, 3.05) is 12.8 Å².